The fraction of sp³-hybridized carbons (Fsp3) is 0.250. The Labute approximate surface area is 156 Å². The molecule has 1 aromatic carbocycles. The van der Waals surface area contributed by atoms with Gasteiger partial charge in [-0.3, -0.25) is 9.59 Å². The van der Waals surface area contributed by atoms with E-state index < -0.39 is 46.7 Å². The molecule has 1 aromatic heterocycles. The Kier molecular flexibility index (Phi) is 6.61. The number of nitrogens with two attached hydrogens (primary N) is 1. The van der Waals surface area contributed by atoms with E-state index in [0.29, 0.717) is 16.9 Å². The van der Waals surface area contributed by atoms with Crippen molar-refractivity contribution in [2.45, 2.75) is 24.3 Å². The van der Waals surface area contributed by atoms with Crippen LogP contribution in [0.4, 0.5) is 24.7 Å². The van der Waals surface area contributed by atoms with Crippen molar-refractivity contribution >= 4 is 35.1 Å². The smallest absolute Gasteiger partial charge is 0.243 e. The molecule has 0 bridgehead atoms. The zero-order chi connectivity index (χ0) is 20.1. The lowest BCUT2D eigenvalue weighted by Crippen LogP contribution is -2.37. The fourth-order valence-corrected chi connectivity index (χ4v) is 2.82. The summed E-state index contributed by atoms with van der Waals surface area (Å²) in [5, 5.41) is 4.07. The minimum atomic E-state index is -1.70. The number of aromatic nitrogens is 2. The van der Waals surface area contributed by atoms with Crippen LogP contribution in [0, 0.1) is 24.4 Å². The van der Waals surface area contributed by atoms with E-state index in [9.17, 15) is 22.8 Å². The average molecular weight is 399 g/mol. The first-order valence-electron chi connectivity index (χ1n) is 7.66. The highest BCUT2D eigenvalue weighted by molar-refractivity contribution is 8.00. The molecule has 1 atom stereocenters. The molecule has 144 valence electrons. The zero-order valence-corrected chi connectivity index (χ0v) is 15.2. The summed E-state index contributed by atoms with van der Waals surface area (Å²) in [6, 6.07) is 3.14. The van der Waals surface area contributed by atoms with Crippen molar-refractivity contribution in [3.8, 4) is 0 Å². The van der Waals surface area contributed by atoms with Crippen molar-refractivity contribution < 1.29 is 22.8 Å². The van der Waals surface area contributed by atoms with E-state index in [0.717, 1.165) is 17.8 Å². The third-order valence-electron chi connectivity index (χ3n) is 3.24. The molecule has 11 heteroatoms. The summed E-state index contributed by atoms with van der Waals surface area (Å²) in [6.07, 6.45) is 0. The van der Waals surface area contributed by atoms with Gasteiger partial charge in [-0.25, -0.2) is 23.1 Å². The maximum atomic E-state index is 13.5. The van der Waals surface area contributed by atoms with Gasteiger partial charge in [0.1, 0.15) is 5.82 Å². The molecule has 0 aliphatic rings. The molecule has 0 aliphatic carbocycles. The monoisotopic (exact) mass is 399 g/mol. The largest absolute Gasteiger partial charge is 0.384 e. The number of hydrogen-bond donors (Lipinski definition) is 3. The van der Waals surface area contributed by atoms with E-state index in [4.69, 9.17) is 5.73 Å². The van der Waals surface area contributed by atoms with Crippen LogP contribution in [-0.4, -0.2) is 33.6 Å². The highest BCUT2D eigenvalue weighted by Crippen LogP contribution is 2.21. The Hall–Kier alpha value is -2.82. The van der Waals surface area contributed by atoms with E-state index in [1.54, 1.807) is 19.9 Å². The molecule has 0 saturated carbocycles. The van der Waals surface area contributed by atoms with E-state index in [1.807, 2.05) is 0 Å². The van der Waals surface area contributed by atoms with Crippen LogP contribution in [0.3, 0.4) is 0 Å². The first-order valence-corrected chi connectivity index (χ1v) is 8.54. The van der Waals surface area contributed by atoms with E-state index in [1.165, 1.54) is 0 Å². The summed E-state index contributed by atoms with van der Waals surface area (Å²) >= 11 is 1.04. The van der Waals surface area contributed by atoms with Gasteiger partial charge in [-0.1, -0.05) is 11.8 Å². The highest BCUT2D eigenvalue weighted by atomic mass is 32.2. The molecule has 2 amide bonds. The number of nitrogens with one attached hydrogen (secondary N) is 2. The molecule has 27 heavy (non-hydrogen) atoms. The lowest BCUT2D eigenvalue weighted by Gasteiger charge is -2.12. The molecular weight excluding hydrogens is 383 g/mol. The number of benzene rings is 1. The second-order valence-corrected chi connectivity index (χ2v) is 6.77. The number of amides is 2. The summed E-state index contributed by atoms with van der Waals surface area (Å²) in [4.78, 5) is 32.0. The lowest BCUT2D eigenvalue weighted by atomic mass is 10.2. The van der Waals surface area contributed by atoms with Gasteiger partial charge in [0.05, 0.1) is 17.5 Å². The van der Waals surface area contributed by atoms with E-state index in [-0.39, 0.29) is 5.82 Å². The van der Waals surface area contributed by atoms with Gasteiger partial charge in [-0.2, -0.15) is 0 Å². The van der Waals surface area contributed by atoms with Gasteiger partial charge in [0, 0.05) is 11.8 Å². The SMILES string of the molecule is Cc1cc(N)nc(S[C@@H](C)C(=O)NCC(=O)Nc2ccc(F)c(F)c2F)n1. The Morgan fingerprint density at radius 1 is 1.22 bits per heavy atom. The molecule has 2 aromatic rings. The van der Waals surface area contributed by atoms with Crippen LogP contribution in [0.1, 0.15) is 12.6 Å². The number of carbonyl (C=O) groups is 2. The molecule has 2 rings (SSSR count). The molecule has 0 aliphatic heterocycles. The lowest BCUT2D eigenvalue weighted by molar-refractivity contribution is -0.123. The van der Waals surface area contributed by atoms with Gasteiger partial charge in [0.25, 0.3) is 0 Å². The maximum Gasteiger partial charge on any atom is 0.243 e. The number of nitrogens with zero attached hydrogens (tertiary/aromatic N) is 2. The number of aryl methyl sites for hydroxylation is 1. The molecule has 7 nitrogen and oxygen atoms in total. The quantitative estimate of drug-likeness (QED) is 0.389. The van der Waals surface area contributed by atoms with Crippen LogP contribution in [0.15, 0.2) is 23.4 Å². The van der Waals surface area contributed by atoms with E-state index >= 15 is 0 Å². The first-order chi connectivity index (χ1) is 12.7. The van der Waals surface area contributed by atoms with Gasteiger partial charge in [0.15, 0.2) is 22.6 Å². The fourth-order valence-electron chi connectivity index (χ4n) is 1.96. The number of hydrogen-bond acceptors (Lipinski definition) is 6. The summed E-state index contributed by atoms with van der Waals surface area (Å²) in [5.41, 5.74) is 5.73. The van der Waals surface area contributed by atoms with Crippen molar-refractivity contribution in [3.63, 3.8) is 0 Å². The van der Waals surface area contributed by atoms with Crippen LogP contribution < -0.4 is 16.4 Å². The number of thioether (sulfide) groups is 1. The predicted octanol–water partition coefficient (Wildman–Crippen LogP) is 2.02. The van der Waals surface area contributed by atoms with Crippen molar-refractivity contribution in [3.05, 3.63) is 41.3 Å². The number of nitrogen functional groups attached to an aromatic ring is 1. The van der Waals surface area contributed by atoms with Gasteiger partial charge < -0.3 is 16.4 Å². The Balaban J connectivity index is 1.89. The zero-order valence-electron chi connectivity index (χ0n) is 14.3. The van der Waals surface area contributed by atoms with Crippen LogP contribution in [0.2, 0.25) is 0 Å². The summed E-state index contributed by atoms with van der Waals surface area (Å²) in [7, 11) is 0. The normalized spacial score (nSPS) is 11.7. The molecule has 4 N–H and O–H groups in total. The van der Waals surface area contributed by atoms with Crippen LogP contribution in [0.25, 0.3) is 0 Å². The molecule has 0 saturated heterocycles. The molecule has 0 unspecified atom stereocenters. The van der Waals surface area contributed by atoms with Crippen molar-refractivity contribution in [1.82, 2.24) is 15.3 Å². The topological polar surface area (TPSA) is 110 Å². The minimum Gasteiger partial charge on any atom is -0.384 e. The Morgan fingerprint density at radius 3 is 2.59 bits per heavy atom. The van der Waals surface area contributed by atoms with Crippen molar-refractivity contribution in [2.24, 2.45) is 0 Å². The second kappa shape index (κ2) is 8.71. The molecule has 0 radical (unpaired) electrons. The Morgan fingerprint density at radius 2 is 1.93 bits per heavy atom. The van der Waals surface area contributed by atoms with Crippen molar-refractivity contribution in [1.29, 1.82) is 0 Å². The molecule has 0 spiro atoms. The second-order valence-electron chi connectivity index (χ2n) is 5.47. The standard InChI is InChI=1S/C16H16F3N5O2S/c1-7-5-11(20)24-16(22-7)27-8(2)15(26)21-6-12(25)23-10-4-3-9(17)13(18)14(10)19/h3-5,8H,6H2,1-2H3,(H,21,26)(H,23,25)(H2,20,22,24)/t8-/m0/s1. The Bertz CT molecular complexity index is 861. The van der Waals surface area contributed by atoms with Gasteiger partial charge in [-0.05, 0) is 26.0 Å². The number of rotatable bonds is 6. The number of halogens is 3. The van der Waals surface area contributed by atoms with Gasteiger partial charge in [-0.15, -0.1) is 0 Å². The number of anilines is 2. The minimum absolute atomic E-state index is 0.269. The predicted molar refractivity (Wildman–Crippen MR) is 94.5 cm³/mol. The maximum absolute atomic E-state index is 13.5. The van der Waals surface area contributed by atoms with Crippen LogP contribution in [-0.2, 0) is 9.59 Å². The number of carbonyl (C=O) groups excluding carboxylic acids is 2. The molecular formula is C16H16F3N5O2S. The average Bonchev–Trinajstić information content (AvgIpc) is 2.59. The first kappa shape index (κ1) is 20.5. The van der Waals surface area contributed by atoms with Crippen LogP contribution >= 0.6 is 11.8 Å². The summed E-state index contributed by atoms with van der Waals surface area (Å²) in [6.45, 7) is 2.82. The van der Waals surface area contributed by atoms with Gasteiger partial charge >= 0.3 is 0 Å². The van der Waals surface area contributed by atoms with Gasteiger partial charge in [0.2, 0.25) is 11.8 Å². The highest BCUT2D eigenvalue weighted by Gasteiger charge is 2.19. The van der Waals surface area contributed by atoms with Crippen LogP contribution in [0.5, 0.6) is 0 Å². The summed E-state index contributed by atoms with van der Waals surface area (Å²) < 4.78 is 39.5. The van der Waals surface area contributed by atoms with E-state index in [2.05, 4.69) is 20.6 Å². The van der Waals surface area contributed by atoms with Crippen molar-refractivity contribution in [2.75, 3.05) is 17.6 Å². The summed E-state index contributed by atoms with van der Waals surface area (Å²) in [5.74, 6) is -5.62. The third kappa shape index (κ3) is 5.58. The third-order valence-corrected chi connectivity index (χ3v) is 4.20. The molecule has 1 heterocycles. The molecule has 0 fully saturated rings.